The van der Waals surface area contributed by atoms with E-state index in [0.717, 1.165) is 11.5 Å². The van der Waals surface area contributed by atoms with Crippen LogP contribution < -0.4 is 20.7 Å². The van der Waals surface area contributed by atoms with E-state index >= 15 is 0 Å². The molecule has 3 N–H and O–H groups in total. The Bertz CT molecular complexity index is 443. The zero-order valence-electron chi connectivity index (χ0n) is 12.2. The Balaban J connectivity index is 3.11. The number of hydrogen-bond acceptors (Lipinski definition) is 5. The zero-order chi connectivity index (χ0) is 14.6. The minimum Gasteiger partial charge on any atom is -0.492 e. The lowest BCUT2D eigenvalue weighted by Crippen LogP contribution is -2.22. The number of rotatable bonds is 6. The molecule has 1 aromatic rings. The number of hydrogen-bond donors (Lipinski definition) is 2. The lowest BCUT2D eigenvalue weighted by molar-refractivity contribution is 0.0960. The van der Waals surface area contributed by atoms with Gasteiger partial charge in [0.05, 0.1) is 7.11 Å². The number of nitrogens with two attached hydrogens (primary N) is 1. The van der Waals surface area contributed by atoms with Gasteiger partial charge in [0.2, 0.25) is 0 Å². The minimum atomic E-state index is -0.146. The van der Waals surface area contributed by atoms with Crippen molar-refractivity contribution in [1.82, 2.24) is 5.32 Å². The third kappa shape index (κ3) is 3.53. The van der Waals surface area contributed by atoms with Crippen LogP contribution in [0.4, 0.5) is 10.7 Å². The number of carbonyl (C=O) groups is 1. The molecule has 6 heteroatoms. The first-order valence-corrected chi connectivity index (χ1v) is 7.19. The highest BCUT2D eigenvalue weighted by molar-refractivity contribution is 7.19. The first kappa shape index (κ1) is 15.6. The van der Waals surface area contributed by atoms with Crippen molar-refractivity contribution in [1.29, 1.82) is 0 Å². The predicted octanol–water partition coefficient (Wildman–Crippen LogP) is 2.18. The normalized spacial score (nSPS) is 10.6. The summed E-state index contributed by atoms with van der Waals surface area (Å²) in [5.74, 6) is 0.966. The second kappa shape index (κ2) is 6.65. The number of thiophene rings is 1. The van der Waals surface area contributed by atoms with Gasteiger partial charge in [-0.15, -0.1) is 11.3 Å². The van der Waals surface area contributed by atoms with Crippen LogP contribution in [0.1, 0.15) is 30.4 Å². The lowest BCUT2D eigenvalue weighted by Gasteiger charge is -2.20. The third-order valence-electron chi connectivity index (χ3n) is 2.62. The van der Waals surface area contributed by atoms with Gasteiger partial charge in [-0.05, 0) is 12.8 Å². The van der Waals surface area contributed by atoms with Crippen LogP contribution in [-0.4, -0.2) is 33.2 Å². The van der Waals surface area contributed by atoms with Gasteiger partial charge in [-0.25, -0.2) is 0 Å². The van der Waals surface area contributed by atoms with Gasteiger partial charge in [-0.1, -0.05) is 13.8 Å². The van der Waals surface area contributed by atoms with E-state index in [1.165, 1.54) is 11.3 Å². The molecule has 0 bridgehead atoms. The van der Waals surface area contributed by atoms with E-state index in [4.69, 9.17) is 10.5 Å². The summed E-state index contributed by atoms with van der Waals surface area (Å²) < 4.78 is 5.35. The molecule has 0 aliphatic heterocycles. The summed E-state index contributed by atoms with van der Waals surface area (Å²) in [6.45, 7) is 7.63. The molecule has 0 aromatic carbocycles. The van der Waals surface area contributed by atoms with Crippen LogP contribution in [0.5, 0.6) is 5.75 Å². The highest BCUT2D eigenvalue weighted by Gasteiger charge is 2.23. The van der Waals surface area contributed by atoms with Crippen molar-refractivity contribution in [3.63, 3.8) is 0 Å². The zero-order valence-corrected chi connectivity index (χ0v) is 13.1. The van der Waals surface area contributed by atoms with E-state index in [9.17, 15) is 4.79 Å². The van der Waals surface area contributed by atoms with Gasteiger partial charge in [0.25, 0.3) is 5.91 Å². The first-order valence-electron chi connectivity index (χ1n) is 6.37. The second-order valence-corrected chi connectivity index (χ2v) is 5.82. The monoisotopic (exact) mass is 285 g/mol. The van der Waals surface area contributed by atoms with Gasteiger partial charge in [0.15, 0.2) is 5.75 Å². The summed E-state index contributed by atoms with van der Waals surface area (Å²) in [6.07, 6.45) is 0. The molecular weight excluding hydrogens is 262 g/mol. The fourth-order valence-electron chi connectivity index (χ4n) is 1.90. The molecule has 5 nitrogen and oxygen atoms in total. The SMILES string of the molecule is CCNC(=O)c1sc(N(C)CC(C)C)c(OC)c1N. The molecular formula is C13H23N3O2S. The quantitative estimate of drug-likeness (QED) is 0.840. The Hall–Kier alpha value is -1.43. The van der Waals surface area contributed by atoms with Gasteiger partial charge in [0.1, 0.15) is 15.6 Å². The van der Waals surface area contributed by atoms with Crippen molar-refractivity contribution in [2.24, 2.45) is 5.92 Å². The molecule has 0 saturated heterocycles. The number of nitrogens with one attached hydrogen (secondary N) is 1. The third-order valence-corrected chi connectivity index (χ3v) is 3.92. The van der Waals surface area contributed by atoms with E-state index in [0.29, 0.717) is 28.8 Å². The number of methoxy groups -OCH3 is 1. The minimum absolute atomic E-state index is 0.146. The van der Waals surface area contributed by atoms with Crippen molar-refractivity contribution in [3.05, 3.63) is 4.88 Å². The van der Waals surface area contributed by atoms with Crippen LogP contribution in [0.15, 0.2) is 0 Å². The topological polar surface area (TPSA) is 67.6 Å². The Morgan fingerprint density at radius 2 is 2.16 bits per heavy atom. The van der Waals surface area contributed by atoms with Crippen LogP contribution >= 0.6 is 11.3 Å². The molecule has 0 spiro atoms. The highest BCUT2D eigenvalue weighted by atomic mass is 32.1. The summed E-state index contributed by atoms with van der Waals surface area (Å²) >= 11 is 1.37. The molecule has 0 saturated carbocycles. The average Bonchev–Trinajstić information content (AvgIpc) is 2.65. The molecule has 0 radical (unpaired) electrons. The fourth-order valence-corrected chi connectivity index (χ4v) is 2.98. The summed E-state index contributed by atoms with van der Waals surface area (Å²) in [5, 5.41) is 3.66. The van der Waals surface area contributed by atoms with Crippen LogP contribution in [0.3, 0.4) is 0 Å². The number of anilines is 2. The predicted molar refractivity (Wildman–Crippen MR) is 81.4 cm³/mol. The van der Waals surface area contributed by atoms with Gasteiger partial charge >= 0.3 is 0 Å². The molecule has 1 rings (SSSR count). The molecule has 1 heterocycles. The number of nitrogens with zero attached hydrogens (tertiary/aromatic N) is 1. The second-order valence-electron chi connectivity index (χ2n) is 4.82. The van der Waals surface area contributed by atoms with E-state index in [1.54, 1.807) is 7.11 Å². The van der Waals surface area contributed by atoms with E-state index < -0.39 is 0 Å². The first-order chi connectivity index (χ1) is 8.92. The Kier molecular flexibility index (Phi) is 5.47. The Morgan fingerprint density at radius 3 is 2.63 bits per heavy atom. The molecule has 0 atom stereocenters. The summed E-state index contributed by atoms with van der Waals surface area (Å²) in [6, 6.07) is 0. The van der Waals surface area contributed by atoms with Crippen molar-refractivity contribution in [2.75, 3.05) is 37.9 Å². The lowest BCUT2D eigenvalue weighted by atomic mass is 10.2. The van der Waals surface area contributed by atoms with Crippen molar-refractivity contribution in [2.45, 2.75) is 20.8 Å². The molecule has 108 valence electrons. The number of ether oxygens (including phenoxy) is 1. The van der Waals surface area contributed by atoms with Crippen LogP contribution in [0.25, 0.3) is 0 Å². The van der Waals surface area contributed by atoms with Crippen molar-refractivity contribution < 1.29 is 9.53 Å². The van der Waals surface area contributed by atoms with Crippen LogP contribution in [0, 0.1) is 5.92 Å². The Labute approximate surface area is 118 Å². The molecule has 0 unspecified atom stereocenters. The summed E-state index contributed by atoms with van der Waals surface area (Å²) in [4.78, 5) is 14.5. The Morgan fingerprint density at radius 1 is 1.53 bits per heavy atom. The van der Waals surface area contributed by atoms with E-state index in [-0.39, 0.29) is 5.91 Å². The maximum absolute atomic E-state index is 11.9. The van der Waals surface area contributed by atoms with Gasteiger partial charge in [-0.2, -0.15) is 0 Å². The van der Waals surface area contributed by atoms with Gasteiger partial charge < -0.3 is 20.7 Å². The number of carbonyl (C=O) groups excluding carboxylic acids is 1. The van der Waals surface area contributed by atoms with Gasteiger partial charge in [0, 0.05) is 20.1 Å². The standard InChI is InChI=1S/C13H23N3O2S/c1-6-15-12(17)11-9(14)10(18-5)13(19-11)16(4)7-8(2)3/h8H,6-7,14H2,1-5H3,(H,15,17). The van der Waals surface area contributed by atoms with Gasteiger partial charge in [-0.3, -0.25) is 4.79 Å². The van der Waals surface area contributed by atoms with E-state index in [2.05, 4.69) is 24.1 Å². The molecule has 19 heavy (non-hydrogen) atoms. The molecule has 0 fully saturated rings. The van der Waals surface area contributed by atoms with Crippen molar-refractivity contribution >= 4 is 27.9 Å². The summed E-state index contributed by atoms with van der Waals surface area (Å²) in [5.41, 5.74) is 6.43. The molecule has 0 aliphatic rings. The van der Waals surface area contributed by atoms with Crippen LogP contribution in [-0.2, 0) is 0 Å². The maximum Gasteiger partial charge on any atom is 0.263 e. The largest absolute Gasteiger partial charge is 0.492 e. The fraction of sp³-hybridized carbons (Fsp3) is 0.615. The maximum atomic E-state index is 11.9. The summed E-state index contributed by atoms with van der Waals surface area (Å²) in [7, 11) is 3.56. The smallest absolute Gasteiger partial charge is 0.263 e. The molecule has 0 aliphatic carbocycles. The average molecular weight is 285 g/mol. The van der Waals surface area contributed by atoms with E-state index in [1.807, 2.05) is 14.0 Å². The van der Waals surface area contributed by atoms with Crippen molar-refractivity contribution in [3.8, 4) is 5.75 Å². The highest BCUT2D eigenvalue weighted by Crippen LogP contribution is 2.44. The molecule has 1 aromatic heterocycles. The molecule has 1 amide bonds. The van der Waals surface area contributed by atoms with Crippen LogP contribution in [0.2, 0.25) is 0 Å². The number of nitrogen functional groups attached to an aromatic ring is 1. The number of amides is 1.